The Balaban J connectivity index is 1.40. The number of unbranched alkanes of at least 4 members (excludes halogenated alkanes) is 2. The van der Waals surface area contributed by atoms with E-state index in [0.29, 0.717) is 11.5 Å². The first-order chi connectivity index (χ1) is 15.7. The van der Waals surface area contributed by atoms with Crippen LogP contribution in [0.25, 0.3) is 11.1 Å². The molecule has 1 saturated carbocycles. The lowest BCUT2D eigenvalue weighted by Crippen LogP contribution is -2.24. The van der Waals surface area contributed by atoms with E-state index in [9.17, 15) is 9.90 Å². The third kappa shape index (κ3) is 5.48. The molecule has 2 aromatic carbocycles. The molecule has 1 aliphatic heterocycles. The summed E-state index contributed by atoms with van der Waals surface area (Å²) in [6.07, 6.45) is 9.24. The van der Waals surface area contributed by atoms with Crippen LogP contribution in [0.5, 0.6) is 0 Å². The Kier molecular flexibility index (Phi) is 7.77. The number of hydrogen-bond acceptors (Lipinski definition) is 4. The number of hydrogen-bond donors (Lipinski definition) is 1. The van der Waals surface area contributed by atoms with Crippen molar-refractivity contribution in [3.05, 3.63) is 72.3 Å². The summed E-state index contributed by atoms with van der Waals surface area (Å²) in [6, 6.07) is 17.7. The van der Waals surface area contributed by atoms with Gasteiger partial charge in [0.1, 0.15) is 6.10 Å². The second kappa shape index (κ2) is 10.9. The fourth-order valence-corrected chi connectivity index (χ4v) is 4.99. The monoisotopic (exact) mass is 434 g/mol. The van der Waals surface area contributed by atoms with Crippen LogP contribution in [0, 0.1) is 11.8 Å². The van der Waals surface area contributed by atoms with Crippen molar-refractivity contribution in [1.82, 2.24) is 0 Å². The predicted octanol–water partition coefficient (Wildman–Crippen LogP) is 5.80. The Morgan fingerprint density at radius 2 is 1.88 bits per heavy atom. The fraction of sp³-hybridized carbons (Fsp3) is 0.464. The van der Waals surface area contributed by atoms with Gasteiger partial charge in [0.25, 0.3) is 0 Å². The second-order valence-electron chi connectivity index (χ2n) is 9.01. The second-order valence-corrected chi connectivity index (χ2v) is 9.01. The van der Waals surface area contributed by atoms with Gasteiger partial charge in [0.2, 0.25) is 0 Å². The normalized spacial score (nSPS) is 25.7. The van der Waals surface area contributed by atoms with Gasteiger partial charge in [0.15, 0.2) is 0 Å². The topological polar surface area (TPSA) is 55.8 Å². The zero-order valence-electron chi connectivity index (χ0n) is 18.9. The van der Waals surface area contributed by atoms with Crippen molar-refractivity contribution in [2.75, 3.05) is 6.61 Å². The number of fused-ring (bicyclic) bond motifs is 1. The lowest BCUT2D eigenvalue weighted by Gasteiger charge is -2.21. The molecule has 4 rings (SSSR count). The maximum atomic E-state index is 12.9. The van der Waals surface area contributed by atoms with E-state index in [2.05, 4.69) is 25.1 Å². The van der Waals surface area contributed by atoms with Crippen LogP contribution in [0.4, 0.5) is 0 Å². The highest BCUT2D eigenvalue weighted by molar-refractivity contribution is 5.90. The molecule has 2 aromatic rings. The van der Waals surface area contributed by atoms with Gasteiger partial charge in [0.05, 0.1) is 17.8 Å². The summed E-state index contributed by atoms with van der Waals surface area (Å²) in [6.45, 7) is 2.93. The minimum absolute atomic E-state index is 0.0934. The van der Waals surface area contributed by atoms with Gasteiger partial charge in [-0.1, -0.05) is 80.8 Å². The summed E-state index contributed by atoms with van der Waals surface area (Å²) in [7, 11) is 0. The van der Waals surface area contributed by atoms with E-state index in [4.69, 9.17) is 9.47 Å². The average molecular weight is 435 g/mol. The van der Waals surface area contributed by atoms with E-state index in [1.807, 2.05) is 48.5 Å². The fourth-order valence-electron chi connectivity index (χ4n) is 4.99. The molecular formula is C28H34O4. The largest absolute Gasteiger partial charge is 0.458 e. The lowest BCUT2D eigenvalue weighted by atomic mass is 9.91. The summed E-state index contributed by atoms with van der Waals surface area (Å²) in [5.74, 6) is 0.152. The number of ether oxygens (including phenoxy) is 2. The van der Waals surface area contributed by atoms with Gasteiger partial charge in [-0.3, -0.25) is 0 Å². The van der Waals surface area contributed by atoms with Crippen LogP contribution in [-0.4, -0.2) is 36.0 Å². The highest BCUT2D eigenvalue weighted by Gasteiger charge is 2.47. The van der Waals surface area contributed by atoms with Gasteiger partial charge in [-0.05, 0) is 42.0 Å². The van der Waals surface area contributed by atoms with Crippen molar-refractivity contribution >= 4 is 5.97 Å². The van der Waals surface area contributed by atoms with E-state index in [0.717, 1.165) is 56.3 Å². The summed E-state index contributed by atoms with van der Waals surface area (Å²) in [4.78, 5) is 12.9. The number of carbonyl (C=O) groups excluding carboxylic acids is 1. The molecule has 4 nitrogen and oxygen atoms in total. The molecule has 1 aliphatic carbocycles. The zero-order chi connectivity index (χ0) is 22.3. The number of benzene rings is 2. The molecule has 2 fully saturated rings. The smallest absolute Gasteiger partial charge is 0.338 e. The quantitative estimate of drug-likeness (QED) is 0.308. The number of aliphatic hydroxyl groups excluding tert-OH is 1. The van der Waals surface area contributed by atoms with Crippen LogP contribution in [0.1, 0.15) is 55.8 Å². The Labute approximate surface area is 191 Å². The van der Waals surface area contributed by atoms with Crippen LogP contribution in [-0.2, 0) is 9.47 Å². The Bertz CT molecular complexity index is 889. The van der Waals surface area contributed by atoms with Gasteiger partial charge in [0, 0.05) is 18.9 Å². The van der Waals surface area contributed by atoms with Gasteiger partial charge in [-0.15, -0.1) is 0 Å². The molecule has 0 radical (unpaired) electrons. The van der Waals surface area contributed by atoms with Crippen molar-refractivity contribution < 1.29 is 19.4 Å². The third-order valence-electron chi connectivity index (χ3n) is 6.79. The summed E-state index contributed by atoms with van der Waals surface area (Å²) < 4.78 is 11.9. The SMILES string of the molecule is CCCCC[C@H](O)/C=C/[C@@H]1[C@H]2CCO[C@H]2C[C@H]1OC(=O)c1ccc(-c2ccccc2)cc1. The number of rotatable bonds is 9. The van der Waals surface area contributed by atoms with Crippen molar-refractivity contribution in [3.63, 3.8) is 0 Å². The standard InChI is InChI=1S/C28H34O4/c1-2-3-5-10-23(29)15-16-24-25-17-18-31-26(25)19-27(24)32-28(30)22-13-11-21(12-14-22)20-8-6-4-7-9-20/h4,6-9,11-16,23-27,29H,2-3,5,10,17-19H2,1H3/b16-15+/t23-,24+,25+,26-,27+/m0/s1. The van der Waals surface area contributed by atoms with Gasteiger partial charge >= 0.3 is 5.97 Å². The van der Waals surface area contributed by atoms with Gasteiger partial charge < -0.3 is 14.6 Å². The highest BCUT2D eigenvalue weighted by atomic mass is 16.5. The predicted molar refractivity (Wildman–Crippen MR) is 126 cm³/mol. The van der Waals surface area contributed by atoms with Crippen molar-refractivity contribution in [2.45, 2.75) is 63.8 Å². The van der Waals surface area contributed by atoms with Crippen LogP contribution < -0.4 is 0 Å². The Morgan fingerprint density at radius 3 is 2.62 bits per heavy atom. The molecule has 0 amide bonds. The first-order valence-electron chi connectivity index (χ1n) is 12.0. The van der Waals surface area contributed by atoms with Crippen LogP contribution in [0.15, 0.2) is 66.7 Å². The van der Waals surface area contributed by atoms with Gasteiger partial charge in [-0.2, -0.15) is 0 Å². The molecule has 0 bridgehead atoms. The lowest BCUT2D eigenvalue weighted by molar-refractivity contribution is 0.0176. The maximum Gasteiger partial charge on any atom is 0.338 e. The molecule has 5 atom stereocenters. The van der Waals surface area contributed by atoms with E-state index in [1.165, 1.54) is 0 Å². The van der Waals surface area contributed by atoms with E-state index < -0.39 is 6.10 Å². The Morgan fingerprint density at radius 1 is 1.12 bits per heavy atom. The molecule has 32 heavy (non-hydrogen) atoms. The zero-order valence-corrected chi connectivity index (χ0v) is 18.9. The molecule has 1 saturated heterocycles. The molecule has 1 N–H and O–H groups in total. The van der Waals surface area contributed by atoms with Crippen LogP contribution in [0.3, 0.4) is 0 Å². The molecule has 2 aliphatic rings. The molecule has 0 aromatic heterocycles. The molecule has 170 valence electrons. The minimum atomic E-state index is -0.440. The third-order valence-corrected chi connectivity index (χ3v) is 6.79. The minimum Gasteiger partial charge on any atom is -0.458 e. The number of aliphatic hydroxyl groups is 1. The van der Waals surface area contributed by atoms with Crippen LogP contribution in [0.2, 0.25) is 0 Å². The highest BCUT2D eigenvalue weighted by Crippen LogP contribution is 2.43. The number of carbonyl (C=O) groups is 1. The van der Waals surface area contributed by atoms with Crippen molar-refractivity contribution in [1.29, 1.82) is 0 Å². The van der Waals surface area contributed by atoms with Gasteiger partial charge in [-0.25, -0.2) is 4.79 Å². The molecule has 4 heteroatoms. The average Bonchev–Trinajstić information content (AvgIpc) is 3.40. The maximum absolute atomic E-state index is 12.9. The van der Waals surface area contributed by atoms with Crippen molar-refractivity contribution in [3.8, 4) is 11.1 Å². The van der Waals surface area contributed by atoms with E-state index >= 15 is 0 Å². The first kappa shape index (κ1) is 22.8. The summed E-state index contributed by atoms with van der Waals surface area (Å²) in [5, 5.41) is 10.3. The Hall–Kier alpha value is -2.43. The molecule has 0 unspecified atom stereocenters. The molecular weight excluding hydrogens is 400 g/mol. The van der Waals surface area contributed by atoms with E-state index in [1.54, 1.807) is 0 Å². The van der Waals surface area contributed by atoms with E-state index in [-0.39, 0.29) is 24.1 Å². The first-order valence-corrected chi connectivity index (χ1v) is 12.0. The summed E-state index contributed by atoms with van der Waals surface area (Å²) in [5.41, 5.74) is 2.75. The number of esters is 1. The van der Waals surface area contributed by atoms with Crippen molar-refractivity contribution in [2.24, 2.45) is 11.8 Å². The summed E-state index contributed by atoms with van der Waals surface area (Å²) >= 11 is 0. The van der Waals surface area contributed by atoms with Crippen LogP contribution >= 0.6 is 0 Å². The molecule has 0 spiro atoms. The molecule has 1 heterocycles.